The van der Waals surface area contributed by atoms with Gasteiger partial charge in [-0.1, -0.05) is 12.1 Å². The number of nitrogens with one attached hydrogen (secondary N) is 1. The lowest BCUT2D eigenvalue weighted by Crippen LogP contribution is -2.18. The molecule has 2 aromatic carbocycles. The molecule has 0 aliphatic rings. The molecule has 1 N–H and O–H groups in total. The van der Waals surface area contributed by atoms with E-state index in [9.17, 15) is 18.0 Å². The van der Waals surface area contributed by atoms with E-state index in [2.05, 4.69) is 26.2 Å². The molecule has 24 heavy (non-hydrogen) atoms. The van der Waals surface area contributed by atoms with E-state index in [1.165, 1.54) is 18.5 Å². The van der Waals surface area contributed by atoms with Gasteiger partial charge in [-0.2, -0.15) is 13.2 Å². The molecule has 3 rings (SSSR count). The first-order chi connectivity index (χ1) is 11.3. The van der Waals surface area contributed by atoms with Gasteiger partial charge in [-0.05, 0) is 46.3 Å². The topological polar surface area (TPSA) is 46.9 Å². The fraction of sp³-hybridized carbons (Fsp3) is 0.125. The van der Waals surface area contributed by atoms with Crippen molar-refractivity contribution in [2.24, 2.45) is 0 Å². The maximum absolute atomic E-state index is 12.7. The van der Waals surface area contributed by atoms with Crippen molar-refractivity contribution in [1.82, 2.24) is 9.55 Å². The predicted octanol–water partition coefficient (Wildman–Crippen LogP) is 4.46. The van der Waals surface area contributed by atoms with Crippen molar-refractivity contribution in [1.29, 1.82) is 0 Å². The highest BCUT2D eigenvalue weighted by molar-refractivity contribution is 9.10. The first-order valence-corrected chi connectivity index (χ1v) is 7.70. The van der Waals surface area contributed by atoms with Gasteiger partial charge in [0.05, 0.1) is 22.9 Å². The molecular weight excluding hydrogens is 387 g/mol. The number of fused-ring (bicyclic) bond motifs is 1. The van der Waals surface area contributed by atoms with Crippen LogP contribution in [0.2, 0.25) is 0 Å². The molecule has 3 aromatic rings. The largest absolute Gasteiger partial charge is 0.416 e. The van der Waals surface area contributed by atoms with Crippen LogP contribution in [-0.2, 0) is 17.5 Å². The Balaban J connectivity index is 1.78. The van der Waals surface area contributed by atoms with Crippen LogP contribution < -0.4 is 5.32 Å². The van der Waals surface area contributed by atoms with Crippen molar-refractivity contribution in [3.05, 3.63) is 58.8 Å². The van der Waals surface area contributed by atoms with Gasteiger partial charge < -0.3 is 9.88 Å². The maximum Gasteiger partial charge on any atom is 0.416 e. The number of imidazole rings is 1. The number of alkyl halides is 3. The van der Waals surface area contributed by atoms with E-state index < -0.39 is 17.6 Å². The Hall–Kier alpha value is -2.35. The van der Waals surface area contributed by atoms with Gasteiger partial charge in [-0.15, -0.1) is 0 Å². The smallest absolute Gasteiger partial charge is 0.325 e. The van der Waals surface area contributed by atoms with Crippen LogP contribution in [0.4, 0.5) is 18.9 Å². The lowest BCUT2D eigenvalue weighted by Gasteiger charge is -2.10. The fourth-order valence-corrected chi connectivity index (χ4v) is 2.91. The molecule has 0 spiro atoms. The zero-order chi connectivity index (χ0) is 17.3. The van der Waals surface area contributed by atoms with E-state index in [0.29, 0.717) is 0 Å². The second-order valence-corrected chi connectivity index (χ2v) is 5.96. The Morgan fingerprint density at radius 2 is 1.96 bits per heavy atom. The van der Waals surface area contributed by atoms with Crippen molar-refractivity contribution in [2.75, 3.05) is 5.32 Å². The molecule has 1 aromatic heterocycles. The Morgan fingerprint density at radius 1 is 1.21 bits per heavy atom. The third-order valence-corrected chi connectivity index (χ3v) is 4.02. The van der Waals surface area contributed by atoms with E-state index >= 15 is 0 Å². The Labute approximate surface area is 143 Å². The van der Waals surface area contributed by atoms with Gasteiger partial charge in [-0.25, -0.2) is 4.98 Å². The highest BCUT2D eigenvalue weighted by atomic mass is 79.9. The second kappa shape index (κ2) is 6.27. The molecule has 0 aliphatic carbocycles. The molecule has 1 heterocycles. The van der Waals surface area contributed by atoms with Gasteiger partial charge in [0, 0.05) is 10.2 Å². The SMILES string of the molecule is O=C(Cn1cnc2cccc(Br)c21)Nc1cccc(C(F)(F)F)c1. The number of para-hydroxylation sites is 1. The molecule has 0 fully saturated rings. The number of hydrogen-bond donors (Lipinski definition) is 1. The Kier molecular flexibility index (Phi) is 4.31. The fourth-order valence-electron chi connectivity index (χ4n) is 2.33. The first kappa shape index (κ1) is 16.5. The molecule has 0 atom stereocenters. The highest BCUT2D eigenvalue weighted by Crippen LogP contribution is 2.30. The molecule has 0 aliphatic heterocycles. The van der Waals surface area contributed by atoms with Crippen molar-refractivity contribution in [3.63, 3.8) is 0 Å². The summed E-state index contributed by atoms with van der Waals surface area (Å²) >= 11 is 3.40. The number of amides is 1. The number of carbonyl (C=O) groups excluding carboxylic acids is 1. The lowest BCUT2D eigenvalue weighted by molar-refractivity contribution is -0.137. The Bertz CT molecular complexity index is 905. The molecule has 0 saturated heterocycles. The van der Waals surface area contributed by atoms with E-state index in [1.807, 2.05) is 12.1 Å². The van der Waals surface area contributed by atoms with Crippen molar-refractivity contribution >= 4 is 38.6 Å². The molecule has 0 saturated carbocycles. The summed E-state index contributed by atoms with van der Waals surface area (Å²) in [4.78, 5) is 16.3. The third-order valence-electron chi connectivity index (χ3n) is 3.38. The van der Waals surface area contributed by atoms with Crippen LogP contribution in [0, 0.1) is 0 Å². The first-order valence-electron chi connectivity index (χ1n) is 6.91. The van der Waals surface area contributed by atoms with Gasteiger partial charge in [0.2, 0.25) is 5.91 Å². The van der Waals surface area contributed by atoms with Crippen LogP contribution in [0.1, 0.15) is 5.56 Å². The van der Waals surface area contributed by atoms with Gasteiger partial charge in [0.1, 0.15) is 6.54 Å². The van der Waals surface area contributed by atoms with E-state index in [-0.39, 0.29) is 12.2 Å². The van der Waals surface area contributed by atoms with Crippen LogP contribution in [0.25, 0.3) is 11.0 Å². The zero-order valence-corrected chi connectivity index (χ0v) is 13.7. The molecule has 4 nitrogen and oxygen atoms in total. The second-order valence-electron chi connectivity index (χ2n) is 5.11. The molecular formula is C16H11BrF3N3O. The van der Waals surface area contributed by atoms with Crippen LogP contribution in [0.3, 0.4) is 0 Å². The normalized spacial score (nSPS) is 11.7. The van der Waals surface area contributed by atoms with Crippen molar-refractivity contribution < 1.29 is 18.0 Å². The van der Waals surface area contributed by atoms with Crippen molar-refractivity contribution in [3.8, 4) is 0 Å². The maximum atomic E-state index is 12.7. The summed E-state index contributed by atoms with van der Waals surface area (Å²) in [6, 6.07) is 9.98. The van der Waals surface area contributed by atoms with E-state index in [0.717, 1.165) is 27.6 Å². The Morgan fingerprint density at radius 3 is 2.71 bits per heavy atom. The van der Waals surface area contributed by atoms with Crippen LogP contribution in [-0.4, -0.2) is 15.5 Å². The van der Waals surface area contributed by atoms with E-state index in [4.69, 9.17) is 0 Å². The average Bonchev–Trinajstić information content (AvgIpc) is 2.91. The number of halogens is 4. The summed E-state index contributed by atoms with van der Waals surface area (Å²) in [6.07, 6.45) is -2.94. The number of rotatable bonds is 3. The summed E-state index contributed by atoms with van der Waals surface area (Å²) in [7, 11) is 0. The molecule has 1 amide bonds. The van der Waals surface area contributed by atoms with Crippen LogP contribution in [0.5, 0.6) is 0 Å². The van der Waals surface area contributed by atoms with E-state index in [1.54, 1.807) is 10.6 Å². The minimum Gasteiger partial charge on any atom is -0.325 e. The average molecular weight is 398 g/mol. The summed E-state index contributed by atoms with van der Waals surface area (Å²) < 4.78 is 40.5. The minimum absolute atomic E-state index is 0.0602. The van der Waals surface area contributed by atoms with Crippen molar-refractivity contribution in [2.45, 2.75) is 12.7 Å². The number of carbonyl (C=O) groups is 1. The highest BCUT2D eigenvalue weighted by Gasteiger charge is 2.30. The minimum atomic E-state index is -4.45. The predicted molar refractivity (Wildman–Crippen MR) is 87.5 cm³/mol. The van der Waals surface area contributed by atoms with Gasteiger partial charge in [0.15, 0.2) is 0 Å². The molecule has 0 radical (unpaired) electrons. The van der Waals surface area contributed by atoms with Crippen LogP contribution in [0.15, 0.2) is 53.3 Å². The van der Waals surface area contributed by atoms with Gasteiger partial charge >= 0.3 is 6.18 Å². The molecule has 0 unspecified atom stereocenters. The number of anilines is 1. The number of hydrogen-bond acceptors (Lipinski definition) is 2. The molecule has 124 valence electrons. The number of benzene rings is 2. The zero-order valence-electron chi connectivity index (χ0n) is 12.1. The lowest BCUT2D eigenvalue weighted by atomic mass is 10.2. The molecule has 0 bridgehead atoms. The summed E-state index contributed by atoms with van der Waals surface area (Å²) in [5.74, 6) is -0.440. The van der Waals surface area contributed by atoms with Gasteiger partial charge in [0.25, 0.3) is 0 Å². The standard InChI is InChI=1S/C16H11BrF3N3O/c17-12-5-2-6-13-15(12)23(9-21-13)8-14(24)22-11-4-1-3-10(7-11)16(18,19)20/h1-7,9H,8H2,(H,22,24). The van der Waals surface area contributed by atoms with Crippen LogP contribution >= 0.6 is 15.9 Å². The number of nitrogens with zero attached hydrogens (tertiary/aromatic N) is 2. The third kappa shape index (κ3) is 3.43. The molecule has 8 heteroatoms. The quantitative estimate of drug-likeness (QED) is 0.709. The summed E-state index contributed by atoms with van der Waals surface area (Å²) in [5.41, 5.74) is 0.752. The van der Waals surface area contributed by atoms with Gasteiger partial charge in [-0.3, -0.25) is 4.79 Å². The summed E-state index contributed by atoms with van der Waals surface area (Å²) in [6.45, 7) is -0.0602. The number of aromatic nitrogens is 2. The monoisotopic (exact) mass is 397 g/mol. The summed E-state index contributed by atoms with van der Waals surface area (Å²) in [5, 5.41) is 2.47.